The number of hydrogen-bond acceptors (Lipinski definition) is 5. The third kappa shape index (κ3) is 2.66. The first kappa shape index (κ1) is 14.1. The molecule has 0 radical (unpaired) electrons. The van der Waals surface area contributed by atoms with Gasteiger partial charge in [0.25, 0.3) is 5.69 Å². The summed E-state index contributed by atoms with van der Waals surface area (Å²) in [4.78, 5) is 14.6. The van der Waals surface area contributed by atoms with Crippen molar-refractivity contribution in [3.8, 4) is 0 Å². The van der Waals surface area contributed by atoms with Crippen molar-refractivity contribution in [1.82, 2.24) is 4.98 Å². The quantitative estimate of drug-likeness (QED) is 0.654. The average molecular weight is 270 g/mol. The number of aliphatic hydroxyl groups is 1. The zero-order valence-corrected chi connectivity index (χ0v) is 10.2. The molecule has 6 nitrogen and oxygen atoms in total. The number of nitro groups is 1. The predicted octanol–water partition coefficient (Wildman–Crippen LogP) is 1.97. The molecule has 2 aromatic rings. The summed E-state index contributed by atoms with van der Waals surface area (Å²) in [7, 11) is 0. The van der Waals surface area contributed by atoms with Crippen LogP contribution in [0.25, 0.3) is 10.9 Å². The van der Waals surface area contributed by atoms with E-state index < -0.39 is 4.92 Å². The van der Waals surface area contributed by atoms with E-state index in [0.29, 0.717) is 23.1 Å². The Bertz CT molecular complexity index is 562. The van der Waals surface area contributed by atoms with E-state index in [-0.39, 0.29) is 24.7 Å². The van der Waals surface area contributed by atoms with Gasteiger partial charge in [-0.25, -0.2) is 0 Å². The molecule has 0 saturated carbocycles. The minimum atomic E-state index is -0.431. The van der Waals surface area contributed by atoms with Crippen LogP contribution in [0.1, 0.15) is 0 Å². The second-order valence-corrected chi connectivity index (χ2v) is 3.44. The molecule has 0 saturated heterocycles. The number of nitrogens with one attached hydrogen (secondary N) is 1. The molecule has 0 atom stereocenters. The summed E-state index contributed by atoms with van der Waals surface area (Å²) in [5.41, 5.74) is 1.25. The Labute approximate surface area is 109 Å². The van der Waals surface area contributed by atoms with Gasteiger partial charge in [-0.05, 0) is 18.2 Å². The standard InChI is InChI=1S/C11H11N3O3.ClH/c15-7-6-12-9-3-4-10(14(16)17)8-2-1-5-13-11(8)9;/h1-5,12,15H,6-7H2;1H. The summed E-state index contributed by atoms with van der Waals surface area (Å²) < 4.78 is 0. The van der Waals surface area contributed by atoms with E-state index in [4.69, 9.17) is 5.11 Å². The van der Waals surface area contributed by atoms with Gasteiger partial charge in [-0.2, -0.15) is 0 Å². The molecule has 0 aliphatic heterocycles. The largest absolute Gasteiger partial charge is 0.395 e. The predicted molar refractivity (Wildman–Crippen MR) is 71.2 cm³/mol. The molecule has 1 heterocycles. The maximum Gasteiger partial charge on any atom is 0.278 e. The first-order valence-electron chi connectivity index (χ1n) is 5.11. The lowest BCUT2D eigenvalue weighted by Crippen LogP contribution is -2.06. The lowest BCUT2D eigenvalue weighted by molar-refractivity contribution is -0.383. The van der Waals surface area contributed by atoms with Crippen molar-refractivity contribution in [2.24, 2.45) is 0 Å². The third-order valence-corrected chi connectivity index (χ3v) is 2.37. The van der Waals surface area contributed by atoms with Gasteiger partial charge < -0.3 is 10.4 Å². The minimum Gasteiger partial charge on any atom is -0.395 e. The Hall–Kier alpha value is -1.92. The van der Waals surface area contributed by atoms with Crippen molar-refractivity contribution in [3.63, 3.8) is 0 Å². The van der Waals surface area contributed by atoms with Crippen LogP contribution >= 0.6 is 12.4 Å². The Morgan fingerprint density at radius 2 is 2.17 bits per heavy atom. The van der Waals surface area contributed by atoms with Gasteiger partial charge in [-0.3, -0.25) is 15.1 Å². The number of aromatic nitrogens is 1. The summed E-state index contributed by atoms with van der Waals surface area (Å²) in [6.07, 6.45) is 1.58. The number of fused-ring (bicyclic) bond motifs is 1. The number of hydrogen-bond donors (Lipinski definition) is 2. The number of anilines is 1. The van der Waals surface area contributed by atoms with Crippen LogP contribution < -0.4 is 5.32 Å². The van der Waals surface area contributed by atoms with Gasteiger partial charge >= 0.3 is 0 Å². The first-order valence-corrected chi connectivity index (χ1v) is 5.11. The average Bonchev–Trinajstić information content (AvgIpc) is 2.35. The van der Waals surface area contributed by atoms with Crippen LogP contribution in [0.5, 0.6) is 0 Å². The van der Waals surface area contributed by atoms with Crippen molar-refractivity contribution in [1.29, 1.82) is 0 Å². The number of nitro benzene ring substituents is 1. The number of non-ortho nitro benzene ring substituents is 1. The molecule has 0 aliphatic carbocycles. The molecule has 2 rings (SSSR count). The number of halogens is 1. The van der Waals surface area contributed by atoms with Gasteiger partial charge in [0.1, 0.15) is 5.52 Å². The minimum absolute atomic E-state index is 0. The van der Waals surface area contributed by atoms with E-state index in [0.717, 1.165) is 0 Å². The van der Waals surface area contributed by atoms with E-state index in [2.05, 4.69) is 10.3 Å². The molecule has 1 aromatic carbocycles. The van der Waals surface area contributed by atoms with Crippen molar-refractivity contribution >= 4 is 34.7 Å². The fourth-order valence-electron chi connectivity index (χ4n) is 1.65. The topological polar surface area (TPSA) is 88.3 Å². The third-order valence-electron chi connectivity index (χ3n) is 2.37. The zero-order chi connectivity index (χ0) is 12.3. The number of rotatable bonds is 4. The van der Waals surface area contributed by atoms with Gasteiger partial charge in [0.05, 0.1) is 22.6 Å². The molecular weight excluding hydrogens is 258 g/mol. The van der Waals surface area contributed by atoms with E-state index in [1.807, 2.05) is 0 Å². The van der Waals surface area contributed by atoms with Gasteiger partial charge in [-0.15, -0.1) is 12.4 Å². The van der Waals surface area contributed by atoms with E-state index in [1.165, 1.54) is 6.07 Å². The van der Waals surface area contributed by atoms with Crippen LogP contribution in [-0.2, 0) is 0 Å². The zero-order valence-electron chi connectivity index (χ0n) is 9.37. The molecule has 7 heteroatoms. The van der Waals surface area contributed by atoms with Crippen molar-refractivity contribution < 1.29 is 10.0 Å². The molecule has 0 bridgehead atoms. The molecule has 0 fully saturated rings. The second-order valence-electron chi connectivity index (χ2n) is 3.44. The SMILES string of the molecule is Cl.O=[N+]([O-])c1ccc(NCCO)c2ncccc12. The summed E-state index contributed by atoms with van der Waals surface area (Å²) >= 11 is 0. The van der Waals surface area contributed by atoms with Crippen molar-refractivity contribution in [2.45, 2.75) is 0 Å². The van der Waals surface area contributed by atoms with Gasteiger partial charge in [0, 0.05) is 18.8 Å². The number of aliphatic hydroxyl groups excluding tert-OH is 1. The number of pyridine rings is 1. The Kier molecular flexibility index (Phi) is 4.82. The number of benzene rings is 1. The summed E-state index contributed by atoms with van der Waals surface area (Å²) in [5, 5.41) is 23.1. The molecule has 0 unspecified atom stereocenters. The maximum absolute atomic E-state index is 10.9. The second kappa shape index (κ2) is 6.13. The van der Waals surface area contributed by atoms with Crippen molar-refractivity contribution in [2.75, 3.05) is 18.5 Å². The molecule has 1 aromatic heterocycles. The molecule has 0 aliphatic rings. The van der Waals surface area contributed by atoms with Crippen LogP contribution in [0.3, 0.4) is 0 Å². The fraction of sp³-hybridized carbons (Fsp3) is 0.182. The lowest BCUT2D eigenvalue weighted by Gasteiger charge is -2.07. The normalized spacial score (nSPS) is 9.83. The first-order chi connectivity index (χ1) is 8.24. The molecule has 0 spiro atoms. The smallest absolute Gasteiger partial charge is 0.278 e. The summed E-state index contributed by atoms with van der Waals surface area (Å²) in [6, 6.07) is 6.35. The van der Waals surface area contributed by atoms with Crippen LogP contribution in [0.2, 0.25) is 0 Å². The molecule has 2 N–H and O–H groups in total. The van der Waals surface area contributed by atoms with Gasteiger partial charge in [-0.1, -0.05) is 0 Å². The summed E-state index contributed by atoms with van der Waals surface area (Å²) in [5.74, 6) is 0. The van der Waals surface area contributed by atoms with E-state index in [1.54, 1.807) is 24.4 Å². The van der Waals surface area contributed by atoms with Crippen LogP contribution in [0.4, 0.5) is 11.4 Å². The Morgan fingerprint density at radius 3 is 2.83 bits per heavy atom. The van der Waals surface area contributed by atoms with E-state index in [9.17, 15) is 10.1 Å². The van der Waals surface area contributed by atoms with Crippen molar-refractivity contribution in [3.05, 3.63) is 40.6 Å². The molecule has 96 valence electrons. The Morgan fingerprint density at radius 1 is 1.39 bits per heavy atom. The lowest BCUT2D eigenvalue weighted by atomic mass is 10.1. The highest BCUT2D eigenvalue weighted by molar-refractivity contribution is 5.96. The van der Waals surface area contributed by atoms with Crippen LogP contribution in [0, 0.1) is 10.1 Å². The Balaban J connectivity index is 0.00000162. The van der Waals surface area contributed by atoms with E-state index >= 15 is 0 Å². The highest BCUT2D eigenvalue weighted by Gasteiger charge is 2.14. The van der Waals surface area contributed by atoms with Gasteiger partial charge in [0.2, 0.25) is 0 Å². The molecular formula is C11H12ClN3O3. The maximum atomic E-state index is 10.9. The monoisotopic (exact) mass is 269 g/mol. The van der Waals surface area contributed by atoms with Crippen LogP contribution in [0.15, 0.2) is 30.5 Å². The fourth-order valence-corrected chi connectivity index (χ4v) is 1.65. The molecule has 18 heavy (non-hydrogen) atoms. The molecule has 0 amide bonds. The van der Waals surface area contributed by atoms with Gasteiger partial charge in [0.15, 0.2) is 0 Å². The highest BCUT2D eigenvalue weighted by atomic mass is 35.5. The number of nitrogens with zero attached hydrogens (tertiary/aromatic N) is 2. The van der Waals surface area contributed by atoms with Crippen LogP contribution in [-0.4, -0.2) is 28.2 Å². The highest BCUT2D eigenvalue weighted by Crippen LogP contribution is 2.29. The summed E-state index contributed by atoms with van der Waals surface area (Å²) in [6.45, 7) is 0.370.